The lowest BCUT2D eigenvalue weighted by Crippen LogP contribution is -2.28. The molecule has 94 valence electrons. The molecule has 0 radical (unpaired) electrons. The summed E-state index contributed by atoms with van der Waals surface area (Å²) in [5.74, 6) is -1.30. The molecule has 0 aliphatic rings. The monoisotopic (exact) mass is 253 g/mol. The molecule has 0 bridgehead atoms. The van der Waals surface area contributed by atoms with Crippen molar-refractivity contribution in [1.82, 2.24) is 0 Å². The van der Waals surface area contributed by atoms with Crippen LogP contribution in [0.4, 0.5) is 0 Å². The first-order valence-corrected chi connectivity index (χ1v) is 6.32. The van der Waals surface area contributed by atoms with Gasteiger partial charge in [0, 0.05) is 0 Å². The van der Waals surface area contributed by atoms with Gasteiger partial charge in [0.1, 0.15) is 6.04 Å². The quantitative estimate of drug-likeness (QED) is 0.310. The molecule has 0 aliphatic carbocycles. The minimum Gasteiger partial charge on any atom is -0.480 e. The molecule has 2 atom stereocenters. The van der Waals surface area contributed by atoms with Crippen molar-refractivity contribution < 1.29 is 29.4 Å². The maximum absolute atomic E-state index is 10.8. The highest BCUT2D eigenvalue weighted by molar-refractivity contribution is 7.52. The summed E-state index contributed by atoms with van der Waals surface area (Å²) in [5, 5.41) is 17.6. The summed E-state index contributed by atoms with van der Waals surface area (Å²) in [5.41, 5.74) is 5.34. The van der Waals surface area contributed by atoms with Crippen molar-refractivity contribution >= 4 is 13.6 Å². The molecule has 0 heterocycles. The van der Waals surface area contributed by atoms with Crippen molar-refractivity contribution in [3.05, 3.63) is 11.6 Å². The highest BCUT2D eigenvalue weighted by Crippen LogP contribution is 2.37. The van der Waals surface area contributed by atoms with Crippen molar-refractivity contribution in [2.45, 2.75) is 25.5 Å². The third-order valence-electron chi connectivity index (χ3n) is 1.67. The molecule has 0 aliphatic heterocycles. The van der Waals surface area contributed by atoms with E-state index in [0.29, 0.717) is 0 Å². The van der Waals surface area contributed by atoms with Gasteiger partial charge in [-0.1, -0.05) is 11.6 Å². The Balaban J connectivity index is 4.79. The van der Waals surface area contributed by atoms with Crippen molar-refractivity contribution in [3.63, 3.8) is 0 Å². The molecule has 0 aromatic carbocycles. The molecule has 2 unspecified atom stereocenters. The van der Waals surface area contributed by atoms with Gasteiger partial charge in [-0.25, -0.2) is 0 Å². The number of aliphatic carboxylic acids is 1. The summed E-state index contributed by atoms with van der Waals surface area (Å²) in [7, 11) is -4.29. The van der Waals surface area contributed by atoms with Crippen LogP contribution in [0.3, 0.4) is 0 Å². The Hall–Kier alpha value is -0.720. The van der Waals surface area contributed by atoms with E-state index < -0.39 is 31.9 Å². The average Bonchev–Trinajstić information content (AvgIpc) is 1.98. The molecular formula is C8H16NO6P. The third kappa shape index (κ3) is 7.56. The number of nitrogens with two attached hydrogens (primary N) is 1. The molecule has 0 aromatic heterocycles. The Morgan fingerprint density at radius 3 is 2.31 bits per heavy atom. The smallest absolute Gasteiger partial charge is 0.329 e. The third-order valence-corrected chi connectivity index (χ3v) is 2.49. The van der Waals surface area contributed by atoms with E-state index in [1.54, 1.807) is 0 Å². The lowest BCUT2D eigenvalue weighted by molar-refractivity contribution is -0.137. The van der Waals surface area contributed by atoms with Crippen LogP contribution in [0.15, 0.2) is 11.6 Å². The predicted molar refractivity (Wildman–Crippen MR) is 56.9 cm³/mol. The lowest BCUT2D eigenvalue weighted by Gasteiger charge is -2.12. The van der Waals surface area contributed by atoms with E-state index in [2.05, 4.69) is 0 Å². The number of aliphatic hydroxyl groups is 1. The largest absolute Gasteiger partial charge is 0.480 e. The molecule has 0 fully saturated rings. The molecular weight excluding hydrogens is 237 g/mol. The van der Waals surface area contributed by atoms with E-state index in [9.17, 15) is 9.36 Å². The van der Waals surface area contributed by atoms with Crippen LogP contribution in [-0.4, -0.2) is 44.3 Å². The van der Waals surface area contributed by atoms with E-state index in [0.717, 1.165) is 6.08 Å². The first-order valence-electron chi connectivity index (χ1n) is 4.52. The zero-order valence-corrected chi connectivity index (χ0v) is 9.67. The van der Waals surface area contributed by atoms with E-state index in [-0.39, 0.29) is 12.0 Å². The minimum absolute atomic E-state index is 0.0217. The standard InChI is InChI=1S/C8H16NO6P/c1-5(10)2-6(4-16(13,14)15)3-7(9)8(11)12/h3,5,7,10H,2,4,9H2,1H3,(H,11,12)(H2,13,14,15). The van der Waals surface area contributed by atoms with E-state index in [1.807, 2.05) is 0 Å². The SMILES string of the molecule is CC(O)CC(=CC(N)C(=O)O)CP(=O)(O)O. The second-order valence-electron chi connectivity index (χ2n) is 3.56. The maximum Gasteiger partial charge on any atom is 0.329 e. The first kappa shape index (κ1) is 15.3. The number of rotatable bonds is 6. The highest BCUT2D eigenvalue weighted by atomic mass is 31.2. The predicted octanol–water partition coefficient (Wildman–Crippen LogP) is -0.727. The summed E-state index contributed by atoms with van der Waals surface area (Å²) in [6, 6.07) is -1.33. The number of hydrogen-bond donors (Lipinski definition) is 5. The van der Waals surface area contributed by atoms with Gasteiger partial charge in [-0.15, -0.1) is 0 Å². The van der Waals surface area contributed by atoms with E-state index >= 15 is 0 Å². The van der Waals surface area contributed by atoms with Gasteiger partial charge in [-0.05, 0) is 13.3 Å². The zero-order chi connectivity index (χ0) is 12.9. The van der Waals surface area contributed by atoms with Crippen molar-refractivity contribution in [2.75, 3.05) is 6.16 Å². The van der Waals surface area contributed by atoms with Gasteiger partial charge in [-0.3, -0.25) is 9.36 Å². The number of carboxylic acids is 1. The Morgan fingerprint density at radius 2 is 2.00 bits per heavy atom. The number of hydrogen-bond acceptors (Lipinski definition) is 4. The number of aliphatic hydroxyl groups excluding tert-OH is 1. The summed E-state index contributed by atoms with van der Waals surface area (Å²) in [4.78, 5) is 28.0. The van der Waals surface area contributed by atoms with Gasteiger partial charge >= 0.3 is 13.6 Å². The fraction of sp³-hybridized carbons (Fsp3) is 0.625. The number of carboxylic acid groups (broad SMARTS) is 1. The second kappa shape index (κ2) is 6.12. The van der Waals surface area contributed by atoms with Crippen LogP contribution in [0.1, 0.15) is 13.3 Å². The Morgan fingerprint density at radius 1 is 1.50 bits per heavy atom. The molecule has 0 saturated heterocycles. The topological polar surface area (TPSA) is 141 Å². The fourth-order valence-corrected chi connectivity index (χ4v) is 1.92. The van der Waals surface area contributed by atoms with Crippen LogP contribution in [0, 0.1) is 0 Å². The Bertz CT molecular complexity index is 320. The van der Waals surface area contributed by atoms with Gasteiger partial charge in [0.2, 0.25) is 0 Å². The minimum atomic E-state index is -4.29. The summed E-state index contributed by atoms with van der Waals surface area (Å²) >= 11 is 0. The molecule has 0 saturated carbocycles. The molecule has 8 heteroatoms. The second-order valence-corrected chi connectivity index (χ2v) is 5.21. The van der Waals surface area contributed by atoms with Gasteiger partial charge in [0.25, 0.3) is 0 Å². The van der Waals surface area contributed by atoms with Crippen LogP contribution >= 0.6 is 7.60 Å². The highest BCUT2D eigenvalue weighted by Gasteiger charge is 2.19. The molecule has 0 amide bonds. The van der Waals surface area contributed by atoms with Crippen LogP contribution in [-0.2, 0) is 9.36 Å². The summed E-state index contributed by atoms with van der Waals surface area (Å²) in [6.45, 7) is 1.43. The number of carbonyl (C=O) groups is 1. The molecule has 7 nitrogen and oxygen atoms in total. The normalized spacial score (nSPS) is 16.9. The van der Waals surface area contributed by atoms with E-state index in [1.165, 1.54) is 6.92 Å². The van der Waals surface area contributed by atoms with Crippen molar-refractivity contribution in [2.24, 2.45) is 5.73 Å². The van der Waals surface area contributed by atoms with Crippen molar-refractivity contribution in [3.8, 4) is 0 Å². The van der Waals surface area contributed by atoms with Crippen LogP contribution in [0.25, 0.3) is 0 Å². The van der Waals surface area contributed by atoms with Crippen LogP contribution < -0.4 is 5.73 Å². The van der Waals surface area contributed by atoms with Gasteiger partial charge < -0.3 is 25.7 Å². The molecule has 0 spiro atoms. The van der Waals surface area contributed by atoms with Gasteiger partial charge in [-0.2, -0.15) is 0 Å². The fourth-order valence-electron chi connectivity index (χ4n) is 1.15. The van der Waals surface area contributed by atoms with Crippen molar-refractivity contribution in [1.29, 1.82) is 0 Å². The Labute approximate surface area is 92.7 Å². The van der Waals surface area contributed by atoms with Crippen LogP contribution in [0.5, 0.6) is 0 Å². The summed E-state index contributed by atoms with van der Waals surface area (Å²) < 4.78 is 10.8. The first-order chi connectivity index (χ1) is 7.11. The molecule has 16 heavy (non-hydrogen) atoms. The molecule has 6 N–H and O–H groups in total. The molecule has 0 rings (SSSR count). The van der Waals surface area contributed by atoms with Gasteiger partial charge in [0.15, 0.2) is 0 Å². The maximum atomic E-state index is 10.8. The summed E-state index contributed by atoms with van der Waals surface area (Å²) in [6.07, 6.45) is -0.391. The average molecular weight is 253 g/mol. The van der Waals surface area contributed by atoms with E-state index in [4.69, 9.17) is 25.7 Å². The van der Waals surface area contributed by atoms with Gasteiger partial charge in [0.05, 0.1) is 12.3 Å². The zero-order valence-electron chi connectivity index (χ0n) is 8.78. The Kier molecular flexibility index (Phi) is 5.85. The lowest BCUT2D eigenvalue weighted by atomic mass is 10.1. The van der Waals surface area contributed by atoms with Crippen LogP contribution in [0.2, 0.25) is 0 Å². The molecule has 0 aromatic rings.